The second-order valence-corrected chi connectivity index (χ2v) is 9.28. The largest absolute Gasteiger partial charge is 0.369 e. The number of carbonyl (C=O) groups is 2. The second-order valence-electron chi connectivity index (χ2n) is 9.28. The average molecular weight is 470 g/mol. The molecule has 0 unspecified atom stereocenters. The third kappa shape index (κ3) is 5.87. The molecule has 0 radical (unpaired) electrons. The van der Waals surface area contributed by atoms with Crippen molar-refractivity contribution in [2.45, 2.75) is 19.5 Å². The van der Waals surface area contributed by atoms with Gasteiger partial charge in [-0.15, -0.1) is 0 Å². The Morgan fingerprint density at radius 3 is 2.34 bits per heavy atom. The minimum atomic E-state index is -0.344. The molecule has 0 saturated carbocycles. The number of benzene rings is 2. The Morgan fingerprint density at radius 2 is 1.63 bits per heavy atom. The summed E-state index contributed by atoms with van der Waals surface area (Å²) in [4.78, 5) is 36.1. The van der Waals surface area contributed by atoms with E-state index in [1.54, 1.807) is 11.1 Å². The Morgan fingerprint density at radius 1 is 0.886 bits per heavy atom. The van der Waals surface area contributed by atoms with E-state index in [0.717, 1.165) is 44.1 Å². The summed E-state index contributed by atoms with van der Waals surface area (Å²) in [5, 5.41) is 2.99. The number of nitrogens with zero attached hydrogens (tertiary/aromatic N) is 4. The van der Waals surface area contributed by atoms with Crippen LogP contribution in [0.25, 0.3) is 0 Å². The van der Waals surface area contributed by atoms with Crippen LogP contribution in [0.2, 0.25) is 0 Å². The zero-order valence-corrected chi connectivity index (χ0v) is 19.8. The number of hydrogen-bond donors (Lipinski definition) is 1. The van der Waals surface area contributed by atoms with Gasteiger partial charge in [0.25, 0.3) is 0 Å². The van der Waals surface area contributed by atoms with Crippen molar-refractivity contribution in [2.24, 2.45) is 5.92 Å². The van der Waals surface area contributed by atoms with Crippen LogP contribution in [0.4, 0.5) is 11.4 Å². The summed E-state index contributed by atoms with van der Waals surface area (Å²) in [7, 11) is 0. The van der Waals surface area contributed by atoms with Crippen molar-refractivity contribution in [3.63, 3.8) is 0 Å². The van der Waals surface area contributed by atoms with Crippen LogP contribution < -0.4 is 10.2 Å². The van der Waals surface area contributed by atoms with E-state index in [1.165, 1.54) is 11.3 Å². The minimum Gasteiger partial charge on any atom is -0.369 e. The van der Waals surface area contributed by atoms with Crippen LogP contribution in [0.1, 0.15) is 17.7 Å². The Bertz CT molecular complexity index is 1130. The van der Waals surface area contributed by atoms with Crippen LogP contribution in [0.15, 0.2) is 79.0 Å². The minimum absolute atomic E-state index is 0.00226. The van der Waals surface area contributed by atoms with Gasteiger partial charge >= 0.3 is 0 Å². The van der Waals surface area contributed by atoms with Gasteiger partial charge in [0, 0.05) is 63.3 Å². The van der Waals surface area contributed by atoms with Crippen molar-refractivity contribution >= 4 is 23.2 Å². The lowest BCUT2D eigenvalue weighted by Crippen LogP contribution is -2.45. The molecule has 2 fully saturated rings. The molecule has 35 heavy (non-hydrogen) atoms. The molecule has 3 heterocycles. The van der Waals surface area contributed by atoms with Gasteiger partial charge in [0.2, 0.25) is 11.8 Å². The summed E-state index contributed by atoms with van der Waals surface area (Å²) >= 11 is 0. The molecular formula is C28H31N5O2. The Kier molecular flexibility index (Phi) is 7.04. The van der Waals surface area contributed by atoms with E-state index in [4.69, 9.17) is 0 Å². The van der Waals surface area contributed by atoms with E-state index in [0.29, 0.717) is 13.1 Å². The third-order valence-corrected chi connectivity index (χ3v) is 6.79. The molecular weight excluding hydrogens is 438 g/mol. The van der Waals surface area contributed by atoms with Crippen molar-refractivity contribution in [1.29, 1.82) is 0 Å². The number of rotatable bonds is 7. The summed E-state index contributed by atoms with van der Waals surface area (Å²) < 4.78 is 0. The van der Waals surface area contributed by atoms with Crippen molar-refractivity contribution in [3.8, 4) is 0 Å². The summed E-state index contributed by atoms with van der Waals surface area (Å²) in [5.74, 6) is -0.453. The monoisotopic (exact) mass is 469 g/mol. The van der Waals surface area contributed by atoms with E-state index in [-0.39, 0.29) is 24.2 Å². The molecule has 0 spiro atoms. The van der Waals surface area contributed by atoms with Gasteiger partial charge in [-0.1, -0.05) is 36.4 Å². The Balaban J connectivity index is 1.10. The molecule has 2 aromatic carbocycles. The molecule has 2 saturated heterocycles. The first-order valence-corrected chi connectivity index (χ1v) is 12.2. The van der Waals surface area contributed by atoms with Crippen molar-refractivity contribution < 1.29 is 9.59 Å². The zero-order valence-electron chi connectivity index (χ0n) is 19.8. The highest BCUT2D eigenvalue weighted by Gasteiger charge is 2.34. The van der Waals surface area contributed by atoms with Crippen molar-refractivity contribution in [3.05, 3.63) is 90.3 Å². The first-order chi connectivity index (χ1) is 17.1. The Hall–Kier alpha value is -3.71. The predicted molar refractivity (Wildman–Crippen MR) is 137 cm³/mol. The number of anilines is 2. The number of aromatic nitrogens is 1. The van der Waals surface area contributed by atoms with Crippen LogP contribution in [-0.4, -0.2) is 59.3 Å². The summed E-state index contributed by atoms with van der Waals surface area (Å²) in [5.41, 5.74) is 4.11. The van der Waals surface area contributed by atoms with Gasteiger partial charge < -0.3 is 15.1 Å². The maximum Gasteiger partial charge on any atom is 0.229 e. The Labute approximate surface area is 206 Å². The molecule has 1 atom stereocenters. The molecule has 7 heteroatoms. The summed E-state index contributed by atoms with van der Waals surface area (Å²) in [6.45, 7) is 5.87. The summed E-state index contributed by atoms with van der Waals surface area (Å²) in [6.07, 6.45) is 1.96. The number of piperazine rings is 1. The second kappa shape index (κ2) is 10.7. The lowest BCUT2D eigenvalue weighted by atomic mass is 10.1. The molecule has 0 aliphatic carbocycles. The normalized spacial score (nSPS) is 18.6. The number of carbonyl (C=O) groups excluding carboxylic acids is 2. The van der Waals surface area contributed by atoms with Crippen LogP contribution in [-0.2, 0) is 22.7 Å². The number of amides is 2. The highest BCUT2D eigenvalue weighted by molar-refractivity contribution is 5.97. The third-order valence-electron chi connectivity index (χ3n) is 6.79. The lowest BCUT2D eigenvalue weighted by Gasteiger charge is -2.36. The molecule has 5 rings (SSSR count). The first-order valence-electron chi connectivity index (χ1n) is 12.2. The van der Waals surface area contributed by atoms with Crippen molar-refractivity contribution in [2.75, 3.05) is 42.9 Å². The van der Waals surface area contributed by atoms with E-state index >= 15 is 0 Å². The topological polar surface area (TPSA) is 68.8 Å². The fraction of sp³-hybridized carbons (Fsp3) is 0.321. The zero-order chi connectivity index (χ0) is 24.0. The molecule has 3 aromatic rings. The van der Waals surface area contributed by atoms with E-state index in [2.05, 4.69) is 62.6 Å². The molecule has 180 valence electrons. The first kappa shape index (κ1) is 23.1. The number of likely N-dealkylation sites (tertiary alicyclic amines) is 1. The average Bonchev–Trinajstić information content (AvgIpc) is 3.26. The highest BCUT2D eigenvalue weighted by atomic mass is 16.2. The van der Waals surface area contributed by atoms with E-state index < -0.39 is 0 Å². The quantitative estimate of drug-likeness (QED) is 0.575. The van der Waals surface area contributed by atoms with E-state index in [9.17, 15) is 9.59 Å². The molecule has 2 amide bonds. The summed E-state index contributed by atoms with van der Waals surface area (Å²) in [6, 6.07) is 24.3. The highest BCUT2D eigenvalue weighted by Crippen LogP contribution is 2.24. The number of pyridine rings is 1. The fourth-order valence-electron chi connectivity index (χ4n) is 4.79. The van der Waals surface area contributed by atoms with E-state index in [1.807, 2.05) is 30.3 Å². The molecule has 1 N–H and O–H groups in total. The number of nitrogens with one attached hydrogen (secondary N) is 1. The van der Waals surface area contributed by atoms with Gasteiger partial charge in [-0.2, -0.15) is 0 Å². The van der Waals surface area contributed by atoms with Gasteiger partial charge in [-0.05, 0) is 42.0 Å². The maximum atomic E-state index is 12.8. The van der Waals surface area contributed by atoms with Crippen molar-refractivity contribution in [1.82, 2.24) is 14.8 Å². The fourth-order valence-corrected chi connectivity index (χ4v) is 4.79. The maximum absolute atomic E-state index is 12.8. The van der Waals surface area contributed by atoms with Gasteiger partial charge in [-0.3, -0.25) is 19.5 Å². The van der Waals surface area contributed by atoms with Crippen LogP contribution >= 0.6 is 0 Å². The van der Waals surface area contributed by atoms with Gasteiger partial charge in [-0.25, -0.2) is 0 Å². The van der Waals surface area contributed by atoms with Gasteiger partial charge in [0.1, 0.15) is 0 Å². The van der Waals surface area contributed by atoms with Crippen LogP contribution in [0.5, 0.6) is 0 Å². The molecule has 7 nitrogen and oxygen atoms in total. The number of hydrogen-bond acceptors (Lipinski definition) is 5. The molecule has 2 aliphatic rings. The molecule has 2 aliphatic heterocycles. The van der Waals surface area contributed by atoms with Gasteiger partial charge in [0.15, 0.2) is 0 Å². The van der Waals surface area contributed by atoms with Crippen LogP contribution in [0.3, 0.4) is 0 Å². The lowest BCUT2D eigenvalue weighted by molar-refractivity contribution is -0.128. The SMILES string of the molecule is O=C(Nc1ccc(N2CCN(Cc3ccccc3)CC2)cc1)[C@@H]1CC(=O)N(Cc2ccccn2)C1. The predicted octanol–water partition coefficient (Wildman–Crippen LogP) is 3.39. The standard InChI is InChI=1S/C28H31N5O2/c34-27-18-23(20-33(27)21-25-8-4-5-13-29-25)28(35)30-24-9-11-26(12-10-24)32-16-14-31(15-17-32)19-22-6-2-1-3-7-22/h1-13,23H,14-21H2,(H,30,35)/t23-/m1/s1. The van der Waals surface area contributed by atoms with Gasteiger partial charge in [0.05, 0.1) is 18.2 Å². The smallest absolute Gasteiger partial charge is 0.229 e. The van der Waals surface area contributed by atoms with Crippen LogP contribution in [0, 0.1) is 5.92 Å². The molecule has 0 bridgehead atoms. The molecule has 1 aromatic heterocycles.